The van der Waals surface area contributed by atoms with Gasteiger partial charge in [-0.1, -0.05) is 18.2 Å². The standard InChI is InChI=1S/C16H20N2O3S2/c1-3-18(4-2)16(19)14-8-5-7-13(11-14)12-17-23(20,21)15-9-6-10-22-15/h5-11,17H,3-4,12H2,1-2H3. The molecule has 0 saturated carbocycles. The number of thiophene rings is 1. The topological polar surface area (TPSA) is 66.5 Å². The van der Waals surface area contributed by atoms with Gasteiger partial charge in [-0.2, -0.15) is 0 Å². The zero-order valence-corrected chi connectivity index (χ0v) is 14.8. The number of carbonyl (C=O) groups excluding carboxylic acids is 1. The third-order valence-corrected chi connectivity index (χ3v) is 6.25. The molecule has 1 heterocycles. The number of carbonyl (C=O) groups is 1. The molecule has 1 amide bonds. The van der Waals surface area contributed by atoms with Gasteiger partial charge in [0.1, 0.15) is 4.21 Å². The zero-order valence-electron chi connectivity index (χ0n) is 13.2. The maximum Gasteiger partial charge on any atom is 0.253 e. The first-order valence-electron chi connectivity index (χ1n) is 7.39. The minimum atomic E-state index is -3.50. The molecule has 0 radical (unpaired) electrons. The van der Waals surface area contributed by atoms with Crippen molar-refractivity contribution in [2.24, 2.45) is 0 Å². The van der Waals surface area contributed by atoms with Gasteiger partial charge >= 0.3 is 0 Å². The van der Waals surface area contributed by atoms with E-state index in [1.54, 1.807) is 46.7 Å². The van der Waals surface area contributed by atoms with E-state index in [0.717, 1.165) is 5.56 Å². The summed E-state index contributed by atoms with van der Waals surface area (Å²) in [6.07, 6.45) is 0. The van der Waals surface area contributed by atoms with Crippen LogP contribution >= 0.6 is 11.3 Å². The summed E-state index contributed by atoms with van der Waals surface area (Å²) in [5.74, 6) is -0.0436. The Morgan fingerprint density at radius 2 is 1.91 bits per heavy atom. The van der Waals surface area contributed by atoms with E-state index in [1.807, 2.05) is 13.8 Å². The highest BCUT2D eigenvalue weighted by molar-refractivity contribution is 7.91. The van der Waals surface area contributed by atoms with E-state index in [0.29, 0.717) is 18.7 Å². The molecule has 5 nitrogen and oxygen atoms in total. The summed E-state index contributed by atoms with van der Waals surface area (Å²) in [5.41, 5.74) is 1.32. The van der Waals surface area contributed by atoms with Gasteiger partial charge in [-0.3, -0.25) is 4.79 Å². The molecule has 23 heavy (non-hydrogen) atoms. The molecule has 0 fully saturated rings. The quantitative estimate of drug-likeness (QED) is 0.833. The minimum Gasteiger partial charge on any atom is -0.339 e. The number of benzene rings is 1. The minimum absolute atomic E-state index is 0.0436. The summed E-state index contributed by atoms with van der Waals surface area (Å²) in [4.78, 5) is 14.1. The second-order valence-corrected chi connectivity index (χ2v) is 7.88. The molecular formula is C16H20N2O3S2. The van der Waals surface area contributed by atoms with Gasteiger partial charge in [-0.15, -0.1) is 11.3 Å². The summed E-state index contributed by atoms with van der Waals surface area (Å²) in [6, 6.07) is 10.3. The van der Waals surface area contributed by atoms with Crippen LogP contribution in [-0.4, -0.2) is 32.3 Å². The van der Waals surface area contributed by atoms with Crippen LogP contribution in [0, 0.1) is 0 Å². The summed E-state index contributed by atoms with van der Waals surface area (Å²) in [5, 5.41) is 1.72. The molecule has 1 aromatic heterocycles. The van der Waals surface area contributed by atoms with E-state index < -0.39 is 10.0 Å². The van der Waals surface area contributed by atoms with Gasteiger partial charge in [0, 0.05) is 25.2 Å². The van der Waals surface area contributed by atoms with Crippen LogP contribution in [0.3, 0.4) is 0 Å². The van der Waals surface area contributed by atoms with E-state index in [4.69, 9.17) is 0 Å². The Morgan fingerprint density at radius 1 is 1.17 bits per heavy atom. The Balaban J connectivity index is 2.10. The van der Waals surface area contributed by atoms with Crippen molar-refractivity contribution in [2.45, 2.75) is 24.6 Å². The fourth-order valence-electron chi connectivity index (χ4n) is 2.17. The van der Waals surface area contributed by atoms with Gasteiger partial charge in [0.15, 0.2) is 0 Å². The molecule has 2 aromatic rings. The molecule has 0 aliphatic rings. The first-order valence-corrected chi connectivity index (χ1v) is 9.75. The Labute approximate surface area is 141 Å². The Kier molecular flexibility index (Phi) is 5.92. The summed E-state index contributed by atoms with van der Waals surface area (Å²) in [7, 11) is -3.50. The largest absolute Gasteiger partial charge is 0.339 e. The molecule has 2 rings (SSSR count). The first kappa shape index (κ1) is 17.7. The van der Waals surface area contributed by atoms with E-state index >= 15 is 0 Å². The predicted molar refractivity (Wildman–Crippen MR) is 92.0 cm³/mol. The number of nitrogens with zero attached hydrogens (tertiary/aromatic N) is 1. The van der Waals surface area contributed by atoms with Crippen molar-refractivity contribution in [3.8, 4) is 0 Å². The number of hydrogen-bond acceptors (Lipinski definition) is 4. The lowest BCUT2D eigenvalue weighted by atomic mass is 10.1. The van der Waals surface area contributed by atoms with Gasteiger partial charge in [0.25, 0.3) is 5.91 Å². The fraction of sp³-hybridized carbons (Fsp3) is 0.312. The second kappa shape index (κ2) is 7.72. The van der Waals surface area contributed by atoms with Gasteiger partial charge in [-0.25, -0.2) is 13.1 Å². The first-order chi connectivity index (χ1) is 11.0. The van der Waals surface area contributed by atoms with Crippen LogP contribution in [-0.2, 0) is 16.6 Å². The molecule has 124 valence electrons. The van der Waals surface area contributed by atoms with Crippen LogP contribution in [0.2, 0.25) is 0 Å². The molecule has 0 atom stereocenters. The third kappa shape index (κ3) is 4.40. The number of amides is 1. The van der Waals surface area contributed by atoms with Crippen molar-refractivity contribution < 1.29 is 13.2 Å². The lowest BCUT2D eigenvalue weighted by molar-refractivity contribution is 0.0773. The van der Waals surface area contributed by atoms with Crippen LogP contribution < -0.4 is 4.72 Å². The Hall–Kier alpha value is -1.70. The smallest absolute Gasteiger partial charge is 0.253 e. The molecule has 1 N–H and O–H groups in total. The summed E-state index contributed by atoms with van der Waals surface area (Å²) in [6.45, 7) is 5.30. The lowest BCUT2D eigenvalue weighted by Crippen LogP contribution is -2.30. The maximum atomic E-state index is 12.3. The highest BCUT2D eigenvalue weighted by atomic mass is 32.2. The molecular weight excluding hydrogens is 332 g/mol. The van der Waals surface area contributed by atoms with Crippen molar-refractivity contribution in [3.05, 3.63) is 52.9 Å². The van der Waals surface area contributed by atoms with E-state index in [9.17, 15) is 13.2 Å². The maximum absolute atomic E-state index is 12.3. The van der Waals surface area contributed by atoms with Gasteiger partial charge in [0.05, 0.1) is 0 Å². The lowest BCUT2D eigenvalue weighted by Gasteiger charge is -2.19. The highest BCUT2D eigenvalue weighted by Crippen LogP contribution is 2.16. The molecule has 0 unspecified atom stereocenters. The Morgan fingerprint density at radius 3 is 2.52 bits per heavy atom. The molecule has 0 saturated heterocycles. The van der Waals surface area contributed by atoms with E-state index in [-0.39, 0.29) is 16.7 Å². The summed E-state index contributed by atoms with van der Waals surface area (Å²) < 4.78 is 27.1. The van der Waals surface area contributed by atoms with Crippen molar-refractivity contribution in [1.82, 2.24) is 9.62 Å². The second-order valence-electron chi connectivity index (χ2n) is 4.93. The van der Waals surface area contributed by atoms with E-state index in [1.165, 1.54) is 11.3 Å². The van der Waals surface area contributed by atoms with Crippen LogP contribution in [0.5, 0.6) is 0 Å². The van der Waals surface area contributed by atoms with Crippen molar-refractivity contribution in [3.63, 3.8) is 0 Å². The van der Waals surface area contributed by atoms with Crippen LogP contribution in [0.4, 0.5) is 0 Å². The van der Waals surface area contributed by atoms with Gasteiger partial charge in [0.2, 0.25) is 10.0 Å². The molecule has 0 bridgehead atoms. The molecule has 0 aliphatic carbocycles. The fourth-order valence-corrected chi connectivity index (χ4v) is 4.23. The molecule has 0 aliphatic heterocycles. The van der Waals surface area contributed by atoms with Crippen molar-refractivity contribution >= 4 is 27.3 Å². The van der Waals surface area contributed by atoms with E-state index in [2.05, 4.69) is 4.72 Å². The normalized spacial score (nSPS) is 11.4. The highest BCUT2D eigenvalue weighted by Gasteiger charge is 2.16. The molecule has 7 heteroatoms. The number of sulfonamides is 1. The van der Waals surface area contributed by atoms with Crippen LogP contribution in [0.25, 0.3) is 0 Å². The summed E-state index contributed by atoms with van der Waals surface area (Å²) >= 11 is 1.17. The zero-order chi connectivity index (χ0) is 16.9. The van der Waals surface area contributed by atoms with Gasteiger partial charge < -0.3 is 4.90 Å². The molecule has 1 aromatic carbocycles. The van der Waals surface area contributed by atoms with Gasteiger partial charge in [-0.05, 0) is 43.0 Å². The number of nitrogens with one attached hydrogen (secondary N) is 1. The SMILES string of the molecule is CCN(CC)C(=O)c1cccc(CNS(=O)(=O)c2cccs2)c1. The van der Waals surface area contributed by atoms with Crippen LogP contribution in [0.1, 0.15) is 29.8 Å². The van der Waals surface area contributed by atoms with Crippen molar-refractivity contribution in [2.75, 3.05) is 13.1 Å². The van der Waals surface area contributed by atoms with Crippen LogP contribution in [0.15, 0.2) is 46.0 Å². The Bertz CT molecular complexity index is 751. The number of rotatable bonds is 7. The average molecular weight is 352 g/mol. The predicted octanol–water partition coefficient (Wildman–Crippen LogP) is 2.71. The third-order valence-electron chi connectivity index (χ3n) is 3.45. The molecule has 0 spiro atoms. The number of hydrogen-bond donors (Lipinski definition) is 1. The monoisotopic (exact) mass is 352 g/mol. The van der Waals surface area contributed by atoms with Crippen molar-refractivity contribution in [1.29, 1.82) is 0 Å². The average Bonchev–Trinajstić information content (AvgIpc) is 3.10.